The van der Waals surface area contributed by atoms with E-state index < -0.39 is 0 Å². The van der Waals surface area contributed by atoms with Crippen LogP contribution in [0, 0.1) is 18.3 Å². The molecule has 0 bridgehead atoms. The molecule has 108 valence electrons. The largest absolute Gasteiger partial charge is 0.402 e. The van der Waals surface area contributed by atoms with Gasteiger partial charge in [-0.3, -0.25) is 0 Å². The van der Waals surface area contributed by atoms with Crippen LogP contribution in [-0.4, -0.2) is 0 Å². The smallest absolute Gasteiger partial charge is 0.0101 e. The van der Waals surface area contributed by atoms with Gasteiger partial charge in [-0.1, -0.05) is 50.6 Å². The molecule has 2 N–H and O–H groups in total. The molecule has 0 radical (unpaired) electrons. The summed E-state index contributed by atoms with van der Waals surface area (Å²) >= 11 is 0. The maximum atomic E-state index is 6.22. The van der Waals surface area contributed by atoms with Crippen LogP contribution in [0.1, 0.15) is 56.2 Å². The van der Waals surface area contributed by atoms with E-state index in [0.717, 1.165) is 5.70 Å². The van der Waals surface area contributed by atoms with E-state index in [1.54, 1.807) is 11.1 Å². The van der Waals surface area contributed by atoms with Crippen LogP contribution in [0.25, 0.3) is 0 Å². The van der Waals surface area contributed by atoms with E-state index >= 15 is 0 Å². The first kappa shape index (κ1) is 13.7. The number of hydrogen-bond donors (Lipinski definition) is 1. The molecule has 2 unspecified atom stereocenters. The second kappa shape index (κ2) is 4.38. The van der Waals surface area contributed by atoms with Crippen molar-refractivity contribution in [2.75, 3.05) is 0 Å². The fraction of sp³-hybridized carbons (Fsp3) is 0.579. The van der Waals surface area contributed by atoms with Gasteiger partial charge in [0, 0.05) is 11.1 Å². The van der Waals surface area contributed by atoms with E-state index in [1.807, 2.05) is 0 Å². The SMILES string of the molecule is C=C(N)[C@@]1(C)CCCC2(C)c3cc(C)ccc3CCC21. The number of nitrogens with two attached hydrogens (primary N) is 1. The molecule has 0 saturated heterocycles. The quantitative estimate of drug-likeness (QED) is 0.799. The summed E-state index contributed by atoms with van der Waals surface area (Å²) < 4.78 is 0. The molecular formula is C19H27N. The topological polar surface area (TPSA) is 26.0 Å². The highest BCUT2D eigenvalue weighted by Gasteiger charge is 2.52. The highest BCUT2D eigenvalue weighted by Crippen LogP contribution is 2.58. The van der Waals surface area contributed by atoms with Crippen LogP contribution in [0.4, 0.5) is 0 Å². The minimum Gasteiger partial charge on any atom is -0.402 e. The lowest BCUT2D eigenvalue weighted by Gasteiger charge is -2.55. The van der Waals surface area contributed by atoms with Crippen LogP contribution in [0.2, 0.25) is 0 Å². The van der Waals surface area contributed by atoms with Crippen molar-refractivity contribution in [3.05, 3.63) is 47.2 Å². The number of rotatable bonds is 1. The van der Waals surface area contributed by atoms with Crippen molar-refractivity contribution in [1.82, 2.24) is 0 Å². The summed E-state index contributed by atoms with van der Waals surface area (Å²) in [5.74, 6) is 0.635. The van der Waals surface area contributed by atoms with Crippen molar-refractivity contribution in [1.29, 1.82) is 0 Å². The van der Waals surface area contributed by atoms with E-state index in [9.17, 15) is 0 Å². The van der Waals surface area contributed by atoms with Crippen molar-refractivity contribution in [3.8, 4) is 0 Å². The standard InChI is InChI=1S/C19H27N/c1-13-6-7-15-8-9-17-18(3,14(2)20)10-5-11-19(17,4)16(15)12-13/h6-7,12,17H,2,5,8-11,20H2,1,3-4H3/t17?,18-,19?/m1/s1. The predicted octanol–water partition coefficient (Wildman–Crippen LogP) is 4.48. The number of hydrogen-bond acceptors (Lipinski definition) is 1. The molecule has 0 amide bonds. The van der Waals surface area contributed by atoms with Crippen LogP contribution in [-0.2, 0) is 11.8 Å². The first-order valence-corrected chi connectivity index (χ1v) is 7.93. The summed E-state index contributed by atoms with van der Waals surface area (Å²) in [6, 6.07) is 7.02. The first-order chi connectivity index (χ1) is 9.38. The van der Waals surface area contributed by atoms with Gasteiger partial charge in [-0.25, -0.2) is 0 Å². The zero-order valence-electron chi connectivity index (χ0n) is 13.1. The maximum absolute atomic E-state index is 6.22. The molecule has 0 spiro atoms. The zero-order chi connectivity index (χ0) is 14.5. The third kappa shape index (κ3) is 1.75. The van der Waals surface area contributed by atoms with E-state index in [2.05, 4.69) is 45.5 Å². The van der Waals surface area contributed by atoms with Crippen LogP contribution >= 0.6 is 0 Å². The Morgan fingerprint density at radius 2 is 2.05 bits per heavy atom. The molecule has 2 aliphatic rings. The summed E-state index contributed by atoms with van der Waals surface area (Å²) in [7, 11) is 0. The lowest BCUT2D eigenvalue weighted by molar-refractivity contribution is 0.0534. The molecule has 1 saturated carbocycles. The van der Waals surface area contributed by atoms with Crippen molar-refractivity contribution < 1.29 is 0 Å². The minimum absolute atomic E-state index is 0.106. The van der Waals surface area contributed by atoms with Crippen molar-refractivity contribution >= 4 is 0 Å². The lowest BCUT2D eigenvalue weighted by atomic mass is 9.49. The normalized spacial score (nSPS) is 36.0. The molecule has 20 heavy (non-hydrogen) atoms. The summed E-state index contributed by atoms with van der Waals surface area (Å²) in [5.41, 5.74) is 12.0. The molecule has 1 nitrogen and oxygen atoms in total. The molecular weight excluding hydrogens is 242 g/mol. The van der Waals surface area contributed by atoms with Crippen LogP contribution < -0.4 is 5.73 Å². The lowest BCUT2D eigenvalue weighted by Crippen LogP contribution is -2.50. The Hall–Kier alpha value is -1.24. The summed E-state index contributed by atoms with van der Waals surface area (Å²) in [4.78, 5) is 0. The third-order valence-corrected chi connectivity index (χ3v) is 6.25. The number of benzene rings is 1. The average molecular weight is 269 g/mol. The average Bonchev–Trinajstić information content (AvgIpc) is 2.39. The van der Waals surface area contributed by atoms with Crippen LogP contribution in [0.5, 0.6) is 0 Å². The fourth-order valence-corrected chi connectivity index (χ4v) is 4.96. The second-order valence-electron chi connectivity index (χ2n) is 7.47. The van der Waals surface area contributed by atoms with Crippen LogP contribution in [0.3, 0.4) is 0 Å². The maximum Gasteiger partial charge on any atom is 0.0101 e. The molecule has 0 heterocycles. The van der Waals surface area contributed by atoms with Gasteiger partial charge in [0.25, 0.3) is 0 Å². The van der Waals surface area contributed by atoms with E-state index in [0.29, 0.717) is 5.92 Å². The van der Waals surface area contributed by atoms with Gasteiger partial charge in [-0.15, -0.1) is 0 Å². The number of aryl methyl sites for hydroxylation is 2. The summed E-state index contributed by atoms with van der Waals surface area (Å²) in [6.07, 6.45) is 6.19. The molecule has 1 aromatic carbocycles. The van der Waals surface area contributed by atoms with Gasteiger partial charge in [-0.2, -0.15) is 0 Å². The number of allylic oxidation sites excluding steroid dienone is 1. The van der Waals surface area contributed by atoms with E-state index in [-0.39, 0.29) is 10.8 Å². The molecule has 1 fully saturated rings. The van der Waals surface area contributed by atoms with Crippen molar-refractivity contribution in [2.45, 2.75) is 58.3 Å². The van der Waals surface area contributed by atoms with Crippen molar-refractivity contribution in [2.24, 2.45) is 17.1 Å². The Morgan fingerprint density at radius 3 is 2.75 bits per heavy atom. The highest BCUT2D eigenvalue weighted by molar-refractivity contribution is 5.42. The molecule has 1 heteroatoms. The van der Waals surface area contributed by atoms with Crippen molar-refractivity contribution in [3.63, 3.8) is 0 Å². The van der Waals surface area contributed by atoms with Gasteiger partial charge in [0.15, 0.2) is 0 Å². The van der Waals surface area contributed by atoms with Gasteiger partial charge >= 0.3 is 0 Å². The Morgan fingerprint density at radius 1 is 1.30 bits per heavy atom. The first-order valence-electron chi connectivity index (χ1n) is 7.93. The Labute approximate surface area is 123 Å². The molecule has 3 rings (SSSR count). The molecule has 2 aliphatic carbocycles. The second-order valence-corrected chi connectivity index (χ2v) is 7.47. The Balaban J connectivity index is 2.13. The van der Waals surface area contributed by atoms with Gasteiger partial charge in [-0.05, 0) is 55.1 Å². The Kier molecular flexibility index (Phi) is 3.00. The van der Waals surface area contributed by atoms with Gasteiger partial charge < -0.3 is 5.73 Å². The minimum atomic E-state index is 0.106. The molecule has 3 atom stereocenters. The van der Waals surface area contributed by atoms with E-state index in [1.165, 1.54) is 37.7 Å². The Bertz CT molecular complexity index is 559. The predicted molar refractivity (Wildman–Crippen MR) is 85.6 cm³/mol. The zero-order valence-corrected chi connectivity index (χ0v) is 13.1. The molecule has 0 aliphatic heterocycles. The highest BCUT2D eigenvalue weighted by atomic mass is 14.7. The van der Waals surface area contributed by atoms with Gasteiger partial charge in [0.1, 0.15) is 0 Å². The van der Waals surface area contributed by atoms with E-state index in [4.69, 9.17) is 5.73 Å². The van der Waals surface area contributed by atoms with Gasteiger partial charge in [0.2, 0.25) is 0 Å². The summed E-state index contributed by atoms with van der Waals surface area (Å²) in [6.45, 7) is 11.1. The van der Waals surface area contributed by atoms with Crippen LogP contribution in [0.15, 0.2) is 30.5 Å². The van der Waals surface area contributed by atoms with Gasteiger partial charge in [0.05, 0.1) is 0 Å². The third-order valence-electron chi connectivity index (χ3n) is 6.25. The molecule has 1 aromatic rings. The number of fused-ring (bicyclic) bond motifs is 3. The molecule has 0 aromatic heterocycles. The monoisotopic (exact) mass is 269 g/mol. The fourth-order valence-electron chi connectivity index (χ4n) is 4.96. The summed E-state index contributed by atoms with van der Waals surface area (Å²) in [5, 5.41) is 0.